The van der Waals surface area contributed by atoms with Crippen molar-refractivity contribution in [1.82, 2.24) is 10.6 Å². The molecule has 0 aliphatic heterocycles. The average Bonchev–Trinajstić information content (AvgIpc) is 3.04. The van der Waals surface area contributed by atoms with Crippen molar-refractivity contribution >= 4 is 23.2 Å². The molecule has 0 unspecified atom stereocenters. The maximum absolute atomic E-state index is 12.1. The molecule has 2 rings (SSSR count). The number of amides is 2. The summed E-state index contributed by atoms with van der Waals surface area (Å²) in [5.74, 6) is -0.135. The zero-order valence-electron chi connectivity index (χ0n) is 13.6. The van der Waals surface area contributed by atoms with Gasteiger partial charge in [-0.15, -0.1) is 11.3 Å². The van der Waals surface area contributed by atoms with Crippen molar-refractivity contribution in [1.29, 1.82) is 0 Å². The van der Waals surface area contributed by atoms with Crippen molar-refractivity contribution in [3.63, 3.8) is 0 Å². The fourth-order valence-corrected chi connectivity index (χ4v) is 3.26. The van der Waals surface area contributed by atoms with Crippen LogP contribution in [0.4, 0.5) is 0 Å². The number of hydrogen-bond acceptors (Lipinski definition) is 3. The van der Waals surface area contributed by atoms with Gasteiger partial charge >= 0.3 is 0 Å². The number of nitrogens with one attached hydrogen (secondary N) is 2. The molecule has 23 heavy (non-hydrogen) atoms. The van der Waals surface area contributed by atoms with Crippen LogP contribution in [0.5, 0.6) is 0 Å². The van der Waals surface area contributed by atoms with Gasteiger partial charge in [-0.3, -0.25) is 9.59 Å². The quantitative estimate of drug-likeness (QED) is 0.854. The summed E-state index contributed by atoms with van der Waals surface area (Å²) in [5, 5.41) is 7.66. The van der Waals surface area contributed by atoms with Crippen LogP contribution in [0.1, 0.15) is 40.7 Å². The third-order valence-electron chi connectivity index (χ3n) is 3.52. The topological polar surface area (TPSA) is 58.2 Å². The molecule has 1 heterocycles. The SMILES string of the molecule is Cc1cccc(C(=O)NCC(=O)N[C@H](c2cccs2)C(C)C)c1. The molecule has 0 aliphatic rings. The second-order valence-corrected chi connectivity index (χ2v) is 6.84. The molecule has 0 saturated carbocycles. The van der Waals surface area contributed by atoms with E-state index in [-0.39, 0.29) is 30.3 Å². The normalized spacial score (nSPS) is 12.0. The molecule has 4 nitrogen and oxygen atoms in total. The molecule has 0 aliphatic carbocycles. The predicted octanol–water partition coefficient (Wildman–Crippen LogP) is 3.30. The average molecular weight is 330 g/mol. The predicted molar refractivity (Wildman–Crippen MR) is 93.6 cm³/mol. The molecule has 122 valence electrons. The molecule has 1 atom stereocenters. The van der Waals surface area contributed by atoms with Crippen LogP contribution in [-0.4, -0.2) is 18.4 Å². The summed E-state index contributed by atoms with van der Waals surface area (Å²) in [4.78, 5) is 25.3. The minimum atomic E-state index is -0.235. The largest absolute Gasteiger partial charge is 0.347 e. The van der Waals surface area contributed by atoms with E-state index in [1.54, 1.807) is 23.5 Å². The summed E-state index contributed by atoms with van der Waals surface area (Å²) in [6, 6.07) is 11.3. The van der Waals surface area contributed by atoms with Gasteiger partial charge in [0.15, 0.2) is 0 Å². The standard InChI is InChI=1S/C18H22N2O2S/c1-12(2)17(15-8-5-9-23-15)20-16(21)11-19-18(22)14-7-4-6-13(3)10-14/h4-10,12,17H,11H2,1-3H3,(H,19,22)(H,20,21)/t17-/m0/s1. The molecule has 0 spiro atoms. The number of rotatable bonds is 6. The highest BCUT2D eigenvalue weighted by Crippen LogP contribution is 2.25. The fraction of sp³-hybridized carbons (Fsp3) is 0.333. The first kappa shape index (κ1) is 17.2. The van der Waals surface area contributed by atoms with Gasteiger partial charge in [0.1, 0.15) is 0 Å². The first-order valence-corrected chi connectivity index (χ1v) is 8.53. The van der Waals surface area contributed by atoms with Crippen LogP contribution in [0.2, 0.25) is 0 Å². The molecule has 2 N–H and O–H groups in total. The highest BCUT2D eigenvalue weighted by atomic mass is 32.1. The van der Waals surface area contributed by atoms with Gasteiger partial charge in [-0.05, 0) is 36.4 Å². The van der Waals surface area contributed by atoms with Crippen LogP contribution < -0.4 is 10.6 Å². The lowest BCUT2D eigenvalue weighted by Crippen LogP contribution is -2.39. The van der Waals surface area contributed by atoms with E-state index in [9.17, 15) is 9.59 Å². The number of hydrogen-bond donors (Lipinski definition) is 2. The molecule has 2 amide bonds. The number of benzene rings is 1. The first-order chi connectivity index (χ1) is 11.0. The van der Waals surface area contributed by atoms with E-state index >= 15 is 0 Å². The van der Waals surface area contributed by atoms with E-state index < -0.39 is 0 Å². The summed E-state index contributed by atoms with van der Waals surface area (Å²) in [6.45, 7) is 6.03. The molecule has 0 saturated heterocycles. The van der Waals surface area contributed by atoms with Gasteiger partial charge in [-0.25, -0.2) is 0 Å². The minimum Gasteiger partial charge on any atom is -0.347 e. The Labute approximate surface area is 140 Å². The molecule has 5 heteroatoms. The van der Waals surface area contributed by atoms with E-state index in [1.807, 2.05) is 36.6 Å². The third-order valence-corrected chi connectivity index (χ3v) is 4.48. The zero-order chi connectivity index (χ0) is 16.8. The number of aryl methyl sites for hydroxylation is 1. The molecular formula is C18H22N2O2S. The lowest BCUT2D eigenvalue weighted by Gasteiger charge is -2.21. The molecule has 1 aromatic heterocycles. The van der Waals surface area contributed by atoms with Gasteiger partial charge in [-0.1, -0.05) is 37.6 Å². The molecule has 0 fully saturated rings. The lowest BCUT2D eigenvalue weighted by molar-refractivity contribution is -0.121. The highest BCUT2D eigenvalue weighted by Gasteiger charge is 2.19. The van der Waals surface area contributed by atoms with E-state index in [1.165, 1.54) is 0 Å². The smallest absolute Gasteiger partial charge is 0.251 e. The first-order valence-electron chi connectivity index (χ1n) is 7.65. The van der Waals surface area contributed by atoms with Gasteiger partial charge in [0.05, 0.1) is 12.6 Å². The van der Waals surface area contributed by atoms with Crippen molar-refractivity contribution in [3.8, 4) is 0 Å². The molecule has 0 bridgehead atoms. The molecule has 0 radical (unpaired) electrons. The van der Waals surface area contributed by atoms with E-state index in [0.29, 0.717) is 5.56 Å². The molecule has 2 aromatic rings. The van der Waals surface area contributed by atoms with Gasteiger partial charge < -0.3 is 10.6 Å². The van der Waals surface area contributed by atoms with Crippen LogP contribution >= 0.6 is 11.3 Å². The summed E-state index contributed by atoms with van der Waals surface area (Å²) in [6.07, 6.45) is 0. The van der Waals surface area contributed by atoms with E-state index in [0.717, 1.165) is 10.4 Å². The van der Waals surface area contributed by atoms with Gasteiger partial charge in [-0.2, -0.15) is 0 Å². The van der Waals surface area contributed by atoms with Crippen LogP contribution in [0.15, 0.2) is 41.8 Å². The Kier molecular flexibility index (Phi) is 5.93. The van der Waals surface area contributed by atoms with Crippen LogP contribution in [-0.2, 0) is 4.79 Å². The lowest BCUT2D eigenvalue weighted by atomic mass is 10.0. The number of thiophene rings is 1. The van der Waals surface area contributed by atoms with E-state index in [2.05, 4.69) is 24.5 Å². The Hall–Kier alpha value is -2.14. The summed E-state index contributed by atoms with van der Waals surface area (Å²) in [7, 11) is 0. The third kappa shape index (κ3) is 4.93. The van der Waals surface area contributed by atoms with Crippen LogP contribution in [0.3, 0.4) is 0 Å². The van der Waals surface area contributed by atoms with Crippen LogP contribution in [0.25, 0.3) is 0 Å². The van der Waals surface area contributed by atoms with Gasteiger partial charge in [0, 0.05) is 10.4 Å². The zero-order valence-corrected chi connectivity index (χ0v) is 14.4. The molecule has 1 aromatic carbocycles. The summed E-state index contributed by atoms with van der Waals surface area (Å²) >= 11 is 1.62. The summed E-state index contributed by atoms with van der Waals surface area (Å²) in [5.41, 5.74) is 1.58. The maximum Gasteiger partial charge on any atom is 0.251 e. The fourth-order valence-electron chi connectivity index (χ4n) is 2.31. The van der Waals surface area contributed by atoms with Crippen molar-refractivity contribution in [2.45, 2.75) is 26.8 Å². The van der Waals surface area contributed by atoms with Gasteiger partial charge in [0.25, 0.3) is 5.91 Å². The minimum absolute atomic E-state index is 0.0264. The summed E-state index contributed by atoms with van der Waals surface area (Å²) < 4.78 is 0. The monoisotopic (exact) mass is 330 g/mol. The maximum atomic E-state index is 12.1. The second kappa shape index (κ2) is 7.92. The Morgan fingerprint density at radius 1 is 1.17 bits per heavy atom. The Balaban J connectivity index is 1.90. The Morgan fingerprint density at radius 2 is 1.96 bits per heavy atom. The van der Waals surface area contributed by atoms with Crippen molar-refractivity contribution < 1.29 is 9.59 Å². The van der Waals surface area contributed by atoms with Crippen molar-refractivity contribution in [2.75, 3.05) is 6.54 Å². The Morgan fingerprint density at radius 3 is 2.57 bits per heavy atom. The van der Waals surface area contributed by atoms with Gasteiger partial charge in [0.2, 0.25) is 5.91 Å². The van der Waals surface area contributed by atoms with E-state index in [4.69, 9.17) is 0 Å². The number of carbonyl (C=O) groups excluding carboxylic acids is 2. The molecular weight excluding hydrogens is 308 g/mol. The Bertz CT molecular complexity index is 665. The second-order valence-electron chi connectivity index (χ2n) is 5.86. The van der Waals surface area contributed by atoms with Crippen molar-refractivity contribution in [2.24, 2.45) is 5.92 Å². The van der Waals surface area contributed by atoms with Crippen molar-refractivity contribution in [3.05, 3.63) is 57.8 Å². The highest BCUT2D eigenvalue weighted by molar-refractivity contribution is 7.10. The van der Waals surface area contributed by atoms with Crippen LogP contribution in [0, 0.1) is 12.8 Å². The number of carbonyl (C=O) groups is 2.